The van der Waals surface area contributed by atoms with E-state index in [2.05, 4.69) is 29.8 Å². The monoisotopic (exact) mass is 1460 g/mol. The predicted molar refractivity (Wildman–Crippen MR) is 361 cm³/mol. The second-order valence-corrected chi connectivity index (χ2v) is 27.8. The van der Waals surface area contributed by atoms with Crippen LogP contribution in [0.1, 0.15) is 207 Å². The quantitative estimate of drug-likeness (QED) is 0.0276. The highest BCUT2D eigenvalue weighted by atomic mass is 16.8. The fraction of sp³-hybridized carbons (Fsp3) is 0.929. The van der Waals surface area contributed by atoms with Crippen LogP contribution in [0.25, 0.3) is 0 Å². The Kier molecular flexibility index (Phi) is 42.6. The first-order valence-electron chi connectivity index (χ1n) is 37.5. The molecule has 5 saturated heterocycles. The Morgan fingerprint density at radius 3 is 1.22 bits per heavy atom. The first-order chi connectivity index (χ1) is 48.6. The lowest BCUT2D eigenvalue weighted by molar-refractivity contribution is -0.383. The lowest BCUT2D eigenvalue weighted by Crippen LogP contribution is -2.70. The summed E-state index contributed by atoms with van der Waals surface area (Å²) in [7, 11) is 0. The number of ether oxygens (including phenoxy) is 10. The minimum Gasteiger partial charge on any atom is -0.394 e. The Morgan fingerprint density at radius 2 is 0.743 bits per heavy atom. The molecule has 0 aliphatic carbocycles. The second kappa shape index (κ2) is 48.5. The Balaban J connectivity index is 1.22. The number of nitrogens with one attached hydrogen (secondary N) is 3. The summed E-state index contributed by atoms with van der Waals surface area (Å²) in [6.45, 7) is 1.37. The van der Waals surface area contributed by atoms with E-state index in [1.807, 2.05) is 6.08 Å². The molecule has 0 spiro atoms. The van der Waals surface area contributed by atoms with E-state index in [4.69, 9.17) is 47.4 Å². The molecule has 590 valence electrons. The number of carbonyl (C=O) groups excluding carboxylic acids is 3. The smallest absolute Gasteiger partial charge is 0.220 e. The first-order valence-corrected chi connectivity index (χ1v) is 37.5. The molecule has 0 radical (unpaired) electrons. The van der Waals surface area contributed by atoms with Crippen molar-refractivity contribution in [2.75, 3.05) is 39.6 Å². The molecular formula is C70H127N3O28. The Labute approximate surface area is 594 Å². The third kappa shape index (κ3) is 28.3. The number of aliphatic hydroxyl groups is 15. The molecule has 5 aliphatic heterocycles. The van der Waals surface area contributed by atoms with Gasteiger partial charge in [-0.15, -0.1) is 0 Å². The Bertz CT molecular complexity index is 2270. The highest BCUT2D eigenvalue weighted by Gasteiger charge is 2.57. The predicted octanol–water partition coefficient (Wildman–Crippen LogP) is -0.248. The molecule has 10 unspecified atom stereocenters. The van der Waals surface area contributed by atoms with Crippen LogP contribution in [-0.4, -0.2) is 300 Å². The van der Waals surface area contributed by atoms with E-state index in [0.717, 1.165) is 58.8 Å². The molecule has 5 fully saturated rings. The maximum Gasteiger partial charge on any atom is 0.220 e. The van der Waals surface area contributed by atoms with E-state index in [9.17, 15) is 91.0 Å². The minimum atomic E-state index is -2.17. The molecule has 0 aromatic carbocycles. The summed E-state index contributed by atoms with van der Waals surface area (Å²) >= 11 is 0. The van der Waals surface area contributed by atoms with Crippen molar-refractivity contribution in [2.45, 2.75) is 373 Å². The van der Waals surface area contributed by atoms with E-state index < -0.39 is 217 Å². The fourth-order valence-corrected chi connectivity index (χ4v) is 13.6. The lowest BCUT2D eigenvalue weighted by Gasteiger charge is -2.50. The molecular weight excluding hydrogens is 1330 g/mol. The van der Waals surface area contributed by atoms with Gasteiger partial charge < -0.3 is 140 Å². The number of unbranched alkanes of at least 4 members (excludes halogenated alkanes) is 25. The van der Waals surface area contributed by atoms with Crippen molar-refractivity contribution in [1.29, 1.82) is 0 Å². The fourth-order valence-electron chi connectivity index (χ4n) is 13.6. The van der Waals surface area contributed by atoms with Crippen LogP contribution >= 0.6 is 0 Å². The van der Waals surface area contributed by atoms with E-state index >= 15 is 0 Å². The largest absolute Gasteiger partial charge is 0.394 e. The van der Waals surface area contributed by atoms with Crippen molar-refractivity contribution in [1.82, 2.24) is 16.0 Å². The number of carbonyl (C=O) groups is 3. The van der Waals surface area contributed by atoms with E-state index in [-0.39, 0.29) is 12.3 Å². The van der Waals surface area contributed by atoms with Gasteiger partial charge in [0.15, 0.2) is 31.5 Å². The number of allylic oxidation sites excluding steroid dienone is 1. The molecule has 5 heterocycles. The van der Waals surface area contributed by atoms with Crippen LogP contribution in [0.4, 0.5) is 0 Å². The van der Waals surface area contributed by atoms with Gasteiger partial charge in [-0.2, -0.15) is 0 Å². The van der Waals surface area contributed by atoms with E-state index in [1.165, 1.54) is 116 Å². The van der Waals surface area contributed by atoms with Gasteiger partial charge in [0, 0.05) is 20.3 Å². The van der Waals surface area contributed by atoms with Crippen LogP contribution in [0.2, 0.25) is 0 Å². The van der Waals surface area contributed by atoms with Crippen LogP contribution in [0.5, 0.6) is 0 Å². The van der Waals surface area contributed by atoms with Crippen molar-refractivity contribution in [3.8, 4) is 0 Å². The topological polar surface area (TPSA) is 483 Å². The number of hydrogen-bond donors (Lipinski definition) is 18. The minimum absolute atomic E-state index is 0.194. The second-order valence-electron chi connectivity index (χ2n) is 27.8. The molecule has 18 N–H and O–H groups in total. The summed E-state index contributed by atoms with van der Waals surface area (Å²) in [6, 6.07) is -4.37. The third-order valence-electron chi connectivity index (χ3n) is 19.6. The van der Waals surface area contributed by atoms with Gasteiger partial charge in [-0.1, -0.05) is 180 Å². The molecule has 0 bridgehead atoms. The number of amides is 3. The normalized spacial score (nSPS) is 35.3. The van der Waals surface area contributed by atoms with Crippen LogP contribution in [0, 0.1) is 0 Å². The van der Waals surface area contributed by atoms with E-state index in [0.29, 0.717) is 12.8 Å². The number of aliphatic hydroxyl groups excluding tert-OH is 15. The SMILES string of the molecule is CCCCCCCCCCCCC/C=C/[C@@H](O)[C@H](CO[C@@H]1OC(CO)[C@@H](O[C@@H]2OC(CO)[C@H](O[C@@H]3OC(CO)[C@H](O)[C@H](O[C@@H]4OC(CO)[C@H](O)[C@H](O[C@@H]5OC(CO)[C@@H](O)[C@H](O)C5NC(C)=O)C4O)C3NC(C)=O)[C@H](O)C2O)[C@H](O)C1O)NC(=O)CCCCCCCCCCCCCCCCC. The average molecular weight is 1460 g/mol. The van der Waals surface area contributed by atoms with Gasteiger partial charge in [-0.25, -0.2) is 0 Å². The van der Waals surface area contributed by atoms with Gasteiger partial charge in [-0.05, 0) is 19.3 Å². The summed E-state index contributed by atoms with van der Waals surface area (Å²) < 4.78 is 59.1. The zero-order valence-corrected chi connectivity index (χ0v) is 59.8. The summed E-state index contributed by atoms with van der Waals surface area (Å²) in [5.74, 6) is -1.90. The maximum absolute atomic E-state index is 13.5. The zero-order valence-electron chi connectivity index (χ0n) is 59.8. The van der Waals surface area contributed by atoms with Crippen molar-refractivity contribution >= 4 is 17.7 Å². The molecule has 0 aromatic heterocycles. The van der Waals surface area contributed by atoms with E-state index in [1.54, 1.807) is 6.08 Å². The molecule has 5 aliphatic rings. The lowest BCUT2D eigenvalue weighted by atomic mass is 9.94. The van der Waals surface area contributed by atoms with Gasteiger partial charge in [0.1, 0.15) is 122 Å². The van der Waals surface area contributed by atoms with Gasteiger partial charge >= 0.3 is 0 Å². The van der Waals surface area contributed by atoms with Crippen LogP contribution in [-0.2, 0) is 61.8 Å². The molecule has 27 atom stereocenters. The van der Waals surface area contributed by atoms with Crippen molar-refractivity contribution in [3.05, 3.63) is 12.2 Å². The summed E-state index contributed by atoms with van der Waals surface area (Å²) in [6.07, 6.45) is -9.31. The molecule has 5 rings (SSSR count). The Hall–Kier alpha value is -2.85. The van der Waals surface area contributed by atoms with Crippen molar-refractivity contribution in [2.24, 2.45) is 0 Å². The first kappa shape index (κ1) is 88.8. The summed E-state index contributed by atoms with van der Waals surface area (Å²) in [5.41, 5.74) is 0. The summed E-state index contributed by atoms with van der Waals surface area (Å²) in [4.78, 5) is 38.6. The van der Waals surface area contributed by atoms with Crippen molar-refractivity contribution in [3.63, 3.8) is 0 Å². The molecule has 0 saturated carbocycles. The Morgan fingerprint density at radius 1 is 0.386 bits per heavy atom. The molecule has 31 heteroatoms. The molecule has 101 heavy (non-hydrogen) atoms. The highest BCUT2D eigenvalue weighted by molar-refractivity contribution is 5.76. The maximum atomic E-state index is 13.5. The van der Waals surface area contributed by atoms with Gasteiger partial charge in [0.25, 0.3) is 0 Å². The van der Waals surface area contributed by atoms with Crippen LogP contribution in [0.15, 0.2) is 12.2 Å². The van der Waals surface area contributed by atoms with Gasteiger partial charge in [-0.3, -0.25) is 14.4 Å². The number of hydrogen-bond acceptors (Lipinski definition) is 28. The molecule has 3 amide bonds. The standard InChI is InChI=1S/C70H127N3O28/c1-5-7-9-11-13-15-17-19-20-22-24-26-28-30-32-34-50(82)73-43(44(81)33-31-29-27-25-23-21-18-16-14-12-10-8-6-2)40-92-68-59(89)57(87)63(48(38-77)96-68)99-69-60(90)58(88)62(49(39-78)97-69)98-67-52(72-42(4)80)64(54(84)46(36-75)94-67)100-70-61(91)65(55(85)47(37-76)95-70)101-66-51(71-41(3)79)56(86)53(83)45(35-74)93-66/h31,33,43-49,51-70,74-78,81,83-91H,5-30,32,34-40H2,1-4H3,(H,71,79)(H,72,80)(H,73,82)/b33-31+/t43-,44+,45?,46?,47?,48?,49?,51?,52?,53+,54-,55-,56+,57+,58+,59?,60?,61?,62-,63+,64+,65-,66-,67-,68+,69-,70-/m0/s1. The zero-order chi connectivity index (χ0) is 74.0. The van der Waals surface area contributed by atoms with Crippen molar-refractivity contribution < 1.29 is 138 Å². The number of rotatable bonds is 49. The van der Waals surface area contributed by atoms with Crippen LogP contribution in [0.3, 0.4) is 0 Å². The molecule has 0 aromatic rings. The molecule has 31 nitrogen and oxygen atoms in total. The highest BCUT2D eigenvalue weighted by Crippen LogP contribution is 2.37. The summed E-state index contributed by atoms with van der Waals surface area (Å²) in [5, 5.41) is 174. The van der Waals surface area contributed by atoms with Gasteiger partial charge in [0.05, 0.1) is 51.8 Å². The average Bonchev–Trinajstić information content (AvgIpc) is 0.778. The third-order valence-corrected chi connectivity index (χ3v) is 19.6. The van der Waals surface area contributed by atoms with Crippen LogP contribution < -0.4 is 16.0 Å². The van der Waals surface area contributed by atoms with Gasteiger partial charge in [0.2, 0.25) is 17.7 Å².